The first-order chi connectivity index (χ1) is 2.77. The molecule has 34 valence electrons. The summed E-state index contributed by atoms with van der Waals surface area (Å²) in [6, 6.07) is 0. The van der Waals surface area contributed by atoms with Crippen LogP contribution in [0.5, 0.6) is 0 Å². The van der Waals surface area contributed by atoms with Crippen molar-refractivity contribution in [3.05, 3.63) is 15.0 Å². The van der Waals surface area contributed by atoms with Crippen LogP contribution in [0.4, 0.5) is 0 Å². The molecule has 0 saturated carbocycles. The highest BCUT2D eigenvalue weighted by molar-refractivity contribution is 4.16. The van der Waals surface area contributed by atoms with E-state index in [0.29, 0.717) is 0 Å². The number of hydrogen-bond donors (Lipinski definition) is 0. The Hall–Kier alpha value is -1.00. The van der Waals surface area contributed by atoms with E-state index in [1.165, 1.54) is 0 Å². The lowest BCUT2D eigenvalue weighted by Gasteiger charge is -1.72. The third-order valence-electron chi connectivity index (χ3n) is 0.173. The lowest BCUT2D eigenvalue weighted by Crippen LogP contribution is -1.94. The largest absolute Gasteiger partial charge is 0.331 e. The molecule has 0 unspecified atom stereocenters. The minimum absolute atomic E-state index is 0.799. The average molecular weight is 90.0 g/mol. The highest BCUT2D eigenvalue weighted by atomic mass is 16.6. The van der Waals surface area contributed by atoms with Gasteiger partial charge in [0.25, 0.3) is 0 Å². The maximum Gasteiger partial charge on any atom is 0.331 e. The first-order valence-electron chi connectivity index (χ1n) is 1.18. The highest BCUT2D eigenvalue weighted by Gasteiger charge is 1.86. The Morgan fingerprint density at radius 1 is 1.83 bits per heavy atom. The van der Waals surface area contributed by atoms with E-state index in [-0.39, 0.29) is 0 Å². The van der Waals surface area contributed by atoms with Gasteiger partial charge in [-0.15, -0.1) is 4.91 Å². The monoisotopic (exact) mass is 90.0 g/mol. The van der Waals surface area contributed by atoms with Gasteiger partial charge in [-0.1, -0.05) is 0 Å². The van der Waals surface area contributed by atoms with Gasteiger partial charge in [0.1, 0.15) is 0 Å². The summed E-state index contributed by atoms with van der Waals surface area (Å²) in [7, 11) is 0. The van der Waals surface area contributed by atoms with Gasteiger partial charge in [-0.25, -0.2) is 0 Å². The summed E-state index contributed by atoms with van der Waals surface area (Å²) in [6.07, 6.45) is 0. The molecule has 0 rings (SSSR count). The molecule has 0 aromatic heterocycles. The Bertz CT molecular complexity index is 69.2. The smallest absolute Gasteiger partial charge is 0.262 e. The quantitative estimate of drug-likeness (QED) is 0.272. The lowest BCUT2D eigenvalue weighted by molar-refractivity contribution is -0.478. The molecule has 0 amide bonds. The summed E-state index contributed by atoms with van der Waals surface area (Å²) in [6.45, 7) is -0.833. The Labute approximate surface area is 33.1 Å². The Balaban J connectivity index is 3.05. The zero-order valence-electron chi connectivity index (χ0n) is 2.83. The van der Waals surface area contributed by atoms with Gasteiger partial charge in [-0.05, 0) is 0 Å². The van der Waals surface area contributed by atoms with Gasteiger partial charge in [-0.2, -0.15) is 0 Å². The lowest BCUT2D eigenvalue weighted by atomic mass is 11.2. The molecule has 0 spiro atoms. The molecule has 0 N–H and O–H groups in total. The van der Waals surface area contributed by atoms with Crippen LogP contribution in [-0.4, -0.2) is 11.6 Å². The predicted molar refractivity (Wildman–Crippen MR) is 17.7 cm³/mol. The van der Waals surface area contributed by atoms with Crippen LogP contribution in [0.25, 0.3) is 0 Å². The van der Waals surface area contributed by atoms with Gasteiger partial charge in [0, 0.05) is 10.1 Å². The maximum atomic E-state index is 9.11. The first kappa shape index (κ1) is 5.00. The molecular formula is CH2N2O3. The number of nitroso groups, excluding NO2 is 1. The molecule has 0 aliphatic carbocycles. The zero-order chi connectivity index (χ0) is 4.99. The summed E-state index contributed by atoms with van der Waals surface area (Å²) in [5.41, 5.74) is 0. The predicted octanol–water partition coefficient (Wildman–Crippen LogP) is -0.0130. The average Bonchev–Trinajstić information content (AvgIpc) is 1.35. The first-order valence-corrected chi connectivity index (χ1v) is 1.18. The van der Waals surface area contributed by atoms with Crippen LogP contribution in [0.3, 0.4) is 0 Å². The minimum Gasteiger partial charge on any atom is -0.262 e. The van der Waals surface area contributed by atoms with Crippen LogP contribution in [0.2, 0.25) is 0 Å². The number of hydrogen-bond acceptors (Lipinski definition) is 4. The summed E-state index contributed by atoms with van der Waals surface area (Å²) >= 11 is 0. The van der Waals surface area contributed by atoms with Crippen molar-refractivity contribution in [2.45, 2.75) is 0 Å². The van der Waals surface area contributed by atoms with E-state index in [1.54, 1.807) is 0 Å². The van der Waals surface area contributed by atoms with Gasteiger partial charge in [0.05, 0.1) is 0 Å². The second-order valence-electron chi connectivity index (χ2n) is 0.603. The Kier molecular flexibility index (Phi) is 1.88. The van der Waals surface area contributed by atoms with E-state index in [9.17, 15) is 0 Å². The van der Waals surface area contributed by atoms with Crippen molar-refractivity contribution in [2.24, 2.45) is 5.18 Å². The molecule has 0 bridgehead atoms. The van der Waals surface area contributed by atoms with Gasteiger partial charge < -0.3 is 0 Å². The SMILES string of the molecule is O=NC[N+](=O)[O-]. The highest BCUT2D eigenvalue weighted by Crippen LogP contribution is 1.64. The molecule has 0 aromatic carbocycles. The van der Waals surface area contributed by atoms with E-state index < -0.39 is 11.6 Å². The van der Waals surface area contributed by atoms with Crippen molar-refractivity contribution in [3.8, 4) is 0 Å². The van der Waals surface area contributed by atoms with Crippen LogP contribution in [-0.2, 0) is 0 Å². The fraction of sp³-hybridized carbons (Fsp3) is 1.00. The topological polar surface area (TPSA) is 72.6 Å². The molecule has 0 aliphatic rings. The third-order valence-corrected chi connectivity index (χ3v) is 0.173. The van der Waals surface area contributed by atoms with Crippen LogP contribution >= 0.6 is 0 Å². The molecule has 0 aromatic rings. The number of nitrogens with zero attached hydrogens (tertiary/aromatic N) is 2. The Morgan fingerprint density at radius 3 is 2.33 bits per heavy atom. The summed E-state index contributed by atoms with van der Waals surface area (Å²) < 4.78 is 0. The van der Waals surface area contributed by atoms with Crippen LogP contribution in [0.15, 0.2) is 5.18 Å². The molecule has 5 heteroatoms. The summed E-state index contributed by atoms with van der Waals surface area (Å²) in [4.78, 5) is 17.2. The zero-order valence-corrected chi connectivity index (χ0v) is 2.83. The fourth-order valence-corrected chi connectivity index (χ4v) is 0.0471. The van der Waals surface area contributed by atoms with Crippen molar-refractivity contribution in [1.29, 1.82) is 0 Å². The number of nitro groups is 1. The van der Waals surface area contributed by atoms with Gasteiger partial charge in [-0.3, -0.25) is 10.1 Å². The molecule has 0 aliphatic heterocycles. The van der Waals surface area contributed by atoms with Gasteiger partial charge in [0.2, 0.25) is 0 Å². The molecule has 0 heterocycles. The van der Waals surface area contributed by atoms with Crippen molar-refractivity contribution in [1.82, 2.24) is 0 Å². The van der Waals surface area contributed by atoms with E-state index in [2.05, 4.69) is 0 Å². The molecule has 0 atom stereocenters. The number of rotatable bonds is 2. The summed E-state index contributed by atoms with van der Waals surface area (Å²) in [5.74, 6) is 0. The van der Waals surface area contributed by atoms with Crippen LogP contribution in [0.1, 0.15) is 0 Å². The second-order valence-corrected chi connectivity index (χ2v) is 0.603. The van der Waals surface area contributed by atoms with E-state index in [4.69, 9.17) is 15.0 Å². The molecule has 0 fully saturated rings. The van der Waals surface area contributed by atoms with Crippen molar-refractivity contribution < 1.29 is 4.92 Å². The summed E-state index contributed by atoms with van der Waals surface area (Å²) in [5, 5.41) is 11.1. The molecule has 6 heavy (non-hydrogen) atoms. The molecule has 5 nitrogen and oxygen atoms in total. The standard InChI is InChI=1S/CH2N2O3/c4-2-1-3(5)6/h1H2. The normalized spacial score (nSPS) is 7.33. The van der Waals surface area contributed by atoms with Gasteiger partial charge >= 0.3 is 6.67 Å². The Morgan fingerprint density at radius 2 is 2.33 bits per heavy atom. The third kappa shape index (κ3) is 3.00. The van der Waals surface area contributed by atoms with Crippen molar-refractivity contribution in [2.75, 3.05) is 6.67 Å². The van der Waals surface area contributed by atoms with Crippen molar-refractivity contribution >= 4 is 0 Å². The second kappa shape index (κ2) is 2.25. The van der Waals surface area contributed by atoms with Gasteiger partial charge in [0.15, 0.2) is 0 Å². The minimum atomic E-state index is -0.833. The van der Waals surface area contributed by atoms with Crippen molar-refractivity contribution in [3.63, 3.8) is 0 Å². The molecule has 0 saturated heterocycles. The van der Waals surface area contributed by atoms with E-state index >= 15 is 0 Å². The molecular weight excluding hydrogens is 88.0 g/mol. The molecule has 0 radical (unpaired) electrons. The van der Waals surface area contributed by atoms with E-state index in [1.807, 2.05) is 5.18 Å². The van der Waals surface area contributed by atoms with E-state index in [0.717, 1.165) is 0 Å². The fourth-order valence-electron chi connectivity index (χ4n) is 0.0471. The van der Waals surface area contributed by atoms with Crippen LogP contribution < -0.4 is 0 Å². The maximum absolute atomic E-state index is 9.11. The van der Waals surface area contributed by atoms with Crippen LogP contribution in [0, 0.1) is 15.0 Å².